The molecule has 1 saturated heterocycles. The molecule has 8 unspecified atom stereocenters. The van der Waals surface area contributed by atoms with Gasteiger partial charge in [-0.25, -0.2) is 0 Å². The maximum Gasteiger partial charge on any atom is 0.306 e. The summed E-state index contributed by atoms with van der Waals surface area (Å²) in [5, 5.41) is 57.4. The average Bonchev–Trinajstić information content (AvgIpc) is 2.50. The van der Waals surface area contributed by atoms with Crippen molar-refractivity contribution in [2.75, 3.05) is 13.2 Å². The molecule has 0 aromatic carbocycles. The SMILES string of the molecule is CCCCCCCCCCCCC/C=C/C(O)C(COC1OC(CO)C(O)C(O)C1OC(=O)CCCCCCCCCCCCCCCCCCCCCCCCC)NC(=O)C(O)CCCCCCCCCCCCCCCCCCCCCCCC. The smallest absolute Gasteiger partial charge is 0.306 e. The molecule has 0 spiro atoms. The van der Waals surface area contributed by atoms with Gasteiger partial charge in [0, 0.05) is 6.42 Å². The molecule has 0 aromatic rings. The Kier molecular flexibility index (Phi) is 61.8. The molecule has 1 aliphatic rings. The molecule has 6 N–H and O–H groups in total. The minimum absolute atomic E-state index is 0.132. The summed E-state index contributed by atoms with van der Waals surface area (Å²) in [4.78, 5) is 26.7. The third kappa shape index (κ3) is 51.6. The summed E-state index contributed by atoms with van der Waals surface area (Å²) in [6, 6.07) is -1.02. The van der Waals surface area contributed by atoms with Crippen molar-refractivity contribution in [3.8, 4) is 0 Å². The second kappa shape index (κ2) is 64.5. The van der Waals surface area contributed by atoms with E-state index in [1.165, 1.54) is 295 Å². The van der Waals surface area contributed by atoms with Gasteiger partial charge in [0.2, 0.25) is 5.91 Å². The fourth-order valence-corrected chi connectivity index (χ4v) is 12.7. The molecule has 516 valence electrons. The van der Waals surface area contributed by atoms with E-state index < -0.39 is 67.4 Å². The van der Waals surface area contributed by atoms with E-state index in [0.29, 0.717) is 19.3 Å². The molecule has 1 rings (SSSR count). The summed E-state index contributed by atoms with van der Waals surface area (Å²) >= 11 is 0. The zero-order valence-electron chi connectivity index (χ0n) is 57.7. The molecule has 0 aromatic heterocycles. The van der Waals surface area contributed by atoms with E-state index in [1.54, 1.807) is 6.08 Å². The van der Waals surface area contributed by atoms with Gasteiger partial charge in [-0.3, -0.25) is 9.59 Å². The van der Waals surface area contributed by atoms with Crippen molar-refractivity contribution in [3.05, 3.63) is 12.2 Å². The molecule has 11 heteroatoms. The van der Waals surface area contributed by atoms with Gasteiger partial charge in [-0.15, -0.1) is 0 Å². The highest BCUT2D eigenvalue weighted by atomic mass is 16.7. The highest BCUT2D eigenvalue weighted by molar-refractivity contribution is 5.80. The van der Waals surface area contributed by atoms with Gasteiger partial charge in [0.25, 0.3) is 0 Å². The van der Waals surface area contributed by atoms with Gasteiger partial charge >= 0.3 is 5.97 Å². The van der Waals surface area contributed by atoms with E-state index in [9.17, 15) is 35.1 Å². The van der Waals surface area contributed by atoms with Crippen molar-refractivity contribution in [1.82, 2.24) is 5.32 Å². The Hall–Kier alpha value is -1.60. The normalized spacial score (nSPS) is 18.2. The number of esters is 1. The van der Waals surface area contributed by atoms with Crippen molar-refractivity contribution < 1.29 is 49.3 Å². The third-order valence-electron chi connectivity index (χ3n) is 18.7. The standard InChI is InChI=1S/C76H147NO10/c1-4-7-10-13-16-19-22-25-27-29-31-33-35-37-39-41-43-46-49-52-55-58-61-64-71(81)87-74-73(83)72(82)70(65-78)86-76(74)85-66-67(68(79)62-59-56-53-50-47-44-24-21-18-15-12-9-6-3)77-75(84)69(80)63-60-57-54-51-48-45-42-40-38-36-34-32-30-28-26-23-20-17-14-11-8-5-2/h59,62,67-70,72-74,76,78-80,82-83H,4-58,60-61,63-66H2,1-3H3,(H,77,84)/b62-59+. The number of allylic oxidation sites excluding steroid dienone is 1. The molecule has 1 heterocycles. The van der Waals surface area contributed by atoms with Gasteiger partial charge in [0.05, 0.1) is 25.4 Å². The molecule has 0 aliphatic carbocycles. The van der Waals surface area contributed by atoms with Gasteiger partial charge < -0.3 is 45.1 Å². The van der Waals surface area contributed by atoms with Crippen molar-refractivity contribution in [2.24, 2.45) is 0 Å². The van der Waals surface area contributed by atoms with Crippen LogP contribution in [0.25, 0.3) is 0 Å². The first-order valence-corrected chi connectivity index (χ1v) is 38.5. The van der Waals surface area contributed by atoms with Gasteiger partial charge in [-0.2, -0.15) is 0 Å². The minimum atomic E-state index is -1.61. The van der Waals surface area contributed by atoms with Gasteiger partial charge in [0.15, 0.2) is 12.4 Å². The highest BCUT2D eigenvalue weighted by Crippen LogP contribution is 2.27. The average molecular weight is 1240 g/mol. The Morgan fingerprint density at radius 1 is 0.437 bits per heavy atom. The van der Waals surface area contributed by atoms with Crippen LogP contribution in [0.2, 0.25) is 0 Å². The molecule has 87 heavy (non-hydrogen) atoms. The Labute approximate surface area is 538 Å². The van der Waals surface area contributed by atoms with Crippen LogP contribution in [0.1, 0.15) is 400 Å². The van der Waals surface area contributed by atoms with Crippen molar-refractivity contribution in [1.29, 1.82) is 0 Å². The quantitative estimate of drug-likeness (QED) is 0.0195. The third-order valence-corrected chi connectivity index (χ3v) is 18.7. The lowest BCUT2D eigenvalue weighted by Gasteiger charge is -2.41. The molecule has 1 fully saturated rings. The second-order valence-electron chi connectivity index (χ2n) is 27.1. The van der Waals surface area contributed by atoms with Crippen LogP contribution in [0.5, 0.6) is 0 Å². The zero-order valence-corrected chi connectivity index (χ0v) is 57.7. The lowest BCUT2D eigenvalue weighted by molar-refractivity contribution is -0.305. The van der Waals surface area contributed by atoms with Crippen LogP contribution in [0.3, 0.4) is 0 Å². The molecular formula is C76H147NO10. The topological polar surface area (TPSA) is 175 Å². The van der Waals surface area contributed by atoms with Crippen LogP contribution in [0, 0.1) is 0 Å². The van der Waals surface area contributed by atoms with Gasteiger partial charge in [0.1, 0.15) is 24.4 Å². The Morgan fingerprint density at radius 3 is 1.08 bits per heavy atom. The van der Waals surface area contributed by atoms with E-state index >= 15 is 0 Å². The molecule has 0 radical (unpaired) electrons. The monoisotopic (exact) mass is 1230 g/mol. The second-order valence-corrected chi connectivity index (χ2v) is 27.1. The number of nitrogens with one attached hydrogen (secondary N) is 1. The first-order valence-electron chi connectivity index (χ1n) is 38.5. The Balaban J connectivity index is 2.53. The predicted octanol–water partition coefficient (Wildman–Crippen LogP) is 20.2. The number of ether oxygens (including phenoxy) is 3. The first-order chi connectivity index (χ1) is 42.7. The van der Waals surface area contributed by atoms with Crippen molar-refractivity contribution in [3.63, 3.8) is 0 Å². The Morgan fingerprint density at radius 2 is 0.747 bits per heavy atom. The number of carbonyl (C=O) groups excluding carboxylic acids is 2. The number of rotatable bonds is 68. The molecule has 1 amide bonds. The number of carbonyl (C=O) groups is 2. The summed E-state index contributed by atoms with van der Waals surface area (Å²) < 4.78 is 17.8. The van der Waals surface area contributed by atoms with Crippen molar-refractivity contribution in [2.45, 2.75) is 449 Å². The number of aliphatic hydroxyl groups excluding tert-OH is 5. The van der Waals surface area contributed by atoms with E-state index in [4.69, 9.17) is 14.2 Å². The van der Waals surface area contributed by atoms with Crippen LogP contribution in [0.4, 0.5) is 0 Å². The molecule has 8 atom stereocenters. The fourth-order valence-electron chi connectivity index (χ4n) is 12.7. The molecular weight excluding hydrogens is 1090 g/mol. The minimum Gasteiger partial charge on any atom is -0.454 e. The van der Waals surface area contributed by atoms with Gasteiger partial charge in [-0.05, 0) is 25.7 Å². The highest BCUT2D eigenvalue weighted by Gasteiger charge is 2.47. The summed E-state index contributed by atoms with van der Waals surface area (Å²) in [7, 11) is 0. The maximum atomic E-state index is 13.5. The maximum absolute atomic E-state index is 13.5. The van der Waals surface area contributed by atoms with Crippen LogP contribution >= 0.6 is 0 Å². The number of aliphatic hydroxyl groups is 5. The molecule has 11 nitrogen and oxygen atoms in total. The molecule has 1 aliphatic heterocycles. The fraction of sp³-hybridized carbons (Fsp3) is 0.947. The number of hydrogen-bond acceptors (Lipinski definition) is 10. The van der Waals surface area contributed by atoms with Crippen LogP contribution < -0.4 is 5.32 Å². The van der Waals surface area contributed by atoms with Gasteiger partial charge in [-0.1, -0.05) is 380 Å². The summed E-state index contributed by atoms with van der Waals surface area (Å²) in [5.74, 6) is -1.17. The van der Waals surface area contributed by atoms with E-state index in [2.05, 4.69) is 26.1 Å². The first kappa shape index (κ1) is 83.4. The number of amides is 1. The number of unbranched alkanes of at least 4 members (excludes halogenated alkanes) is 54. The molecule has 0 bridgehead atoms. The lowest BCUT2D eigenvalue weighted by atomic mass is 9.99. The summed E-state index contributed by atoms with van der Waals surface area (Å²) in [5.41, 5.74) is 0. The summed E-state index contributed by atoms with van der Waals surface area (Å²) in [6.45, 7) is 5.88. The number of hydrogen-bond donors (Lipinski definition) is 6. The van der Waals surface area contributed by atoms with E-state index in [-0.39, 0.29) is 13.0 Å². The van der Waals surface area contributed by atoms with Crippen LogP contribution in [-0.2, 0) is 23.8 Å². The predicted molar refractivity (Wildman–Crippen MR) is 366 cm³/mol. The van der Waals surface area contributed by atoms with E-state index in [1.807, 2.05) is 6.08 Å². The van der Waals surface area contributed by atoms with Crippen LogP contribution in [-0.4, -0.2) is 99.6 Å². The summed E-state index contributed by atoms with van der Waals surface area (Å²) in [6.07, 6.45) is 66.9. The Bertz CT molecular complexity index is 1470. The molecule has 0 saturated carbocycles. The zero-order chi connectivity index (χ0) is 63.1. The van der Waals surface area contributed by atoms with Crippen LogP contribution in [0.15, 0.2) is 12.2 Å². The van der Waals surface area contributed by atoms with Crippen molar-refractivity contribution >= 4 is 11.9 Å². The lowest BCUT2D eigenvalue weighted by Crippen LogP contribution is -2.61. The largest absolute Gasteiger partial charge is 0.454 e. The van der Waals surface area contributed by atoms with E-state index in [0.717, 1.165) is 57.8 Å².